The highest BCUT2D eigenvalue weighted by atomic mass is 35.5. The van der Waals surface area contributed by atoms with Crippen LogP contribution >= 0.6 is 23.2 Å². The largest absolute Gasteiger partial charge is 0.367 e. The summed E-state index contributed by atoms with van der Waals surface area (Å²) in [4.78, 5) is 16.0. The number of pyridine rings is 1. The van der Waals surface area contributed by atoms with E-state index in [2.05, 4.69) is 20.9 Å². The van der Waals surface area contributed by atoms with Crippen molar-refractivity contribution < 1.29 is 4.79 Å². The number of nitrogens with one attached hydrogen (secondary N) is 3. The summed E-state index contributed by atoms with van der Waals surface area (Å²) < 4.78 is 0. The minimum Gasteiger partial charge on any atom is -0.367 e. The summed E-state index contributed by atoms with van der Waals surface area (Å²) in [7, 11) is 0. The zero-order valence-corrected chi connectivity index (χ0v) is 12.6. The lowest BCUT2D eigenvalue weighted by atomic mass is 9.99. The van der Waals surface area contributed by atoms with Gasteiger partial charge in [-0.25, -0.2) is 4.98 Å². The van der Waals surface area contributed by atoms with Crippen LogP contribution in [0.5, 0.6) is 0 Å². The SMILES string of the molecule is O=C(NCCNc1ncc(Cl)cc1Cl)C1CCCNC1. The molecule has 1 fully saturated rings. The third-order valence-corrected chi connectivity index (χ3v) is 3.69. The quantitative estimate of drug-likeness (QED) is 0.726. The Morgan fingerprint density at radius 2 is 2.30 bits per heavy atom. The number of aromatic nitrogens is 1. The van der Waals surface area contributed by atoms with E-state index in [9.17, 15) is 4.79 Å². The van der Waals surface area contributed by atoms with Gasteiger partial charge in [-0.05, 0) is 25.5 Å². The molecular formula is C13H18Cl2N4O. The molecular weight excluding hydrogens is 299 g/mol. The molecule has 0 aromatic carbocycles. The maximum Gasteiger partial charge on any atom is 0.224 e. The first-order chi connectivity index (χ1) is 9.66. The number of carbonyl (C=O) groups is 1. The minimum absolute atomic E-state index is 0.0843. The molecule has 0 spiro atoms. The predicted octanol–water partition coefficient (Wildman–Crippen LogP) is 1.92. The second-order valence-electron chi connectivity index (χ2n) is 4.75. The lowest BCUT2D eigenvalue weighted by Gasteiger charge is -2.21. The molecule has 1 aliphatic heterocycles. The van der Waals surface area contributed by atoms with E-state index in [-0.39, 0.29) is 11.8 Å². The van der Waals surface area contributed by atoms with E-state index >= 15 is 0 Å². The van der Waals surface area contributed by atoms with Crippen LogP contribution in [0.1, 0.15) is 12.8 Å². The Bertz CT molecular complexity index is 464. The zero-order valence-electron chi connectivity index (χ0n) is 11.1. The summed E-state index contributed by atoms with van der Waals surface area (Å²) in [5, 5.41) is 10.2. The fourth-order valence-electron chi connectivity index (χ4n) is 2.13. The number of anilines is 1. The summed E-state index contributed by atoms with van der Waals surface area (Å²) in [5.74, 6) is 0.764. The monoisotopic (exact) mass is 316 g/mol. The van der Waals surface area contributed by atoms with Crippen molar-refractivity contribution >= 4 is 34.9 Å². The Labute approximate surface area is 128 Å². The van der Waals surface area contributed by atoms with E-state index in [4.69, 9.17) is 23.2 Å². The topological polar surface area (TPSA) is 66.0 Å². The first kappa shape index (κ1) is 15.4. The van der Waals surface area contributed by atoms with Crippen LogP contribution < -0.4 is 16.0 Å². The fraction of sp³-hybridized carbons (Fsp3) is 0.538. The molecule has 0 aliphatic carbocycles. The van der Waals surface area contributed by atoms with Crippen molar-refractivity contribution in [2.24, 2.45) is 5.92 Å². The molecule has 0 saturated carbocycles. The molecule has 110 valence electrons. The van der Waals surface area contributed by atoms with Gasteiger partial charge >= 0.3 is 0 Å². The molecule has 1 aromatic rings. The molecule has 2 heterocycles. The summed E-state index contributed by atoms with van der Waals surface area (Å²) in [6, 6.07) is 1.63. The molecule has 0 bridgehead atoms. The van der Waals surface area contributed by atoms with Crippen molar-refractivity contribution in [1.29, 1.82) is 0 Å². The molecule has 1 saturated heterocycles. The van der Waals surface area contributed by atoms with Crippen molar-refractivity contribution in [1.82, 2.24) is 15.6 Å². The van der Waals surface area contributed by atoms with Gasteiger partial charge in [0, 0.05) is 25.8 Å². The lowest BCUT2D eigenvalue weighted by molar-refractivity contribution is -0.125. The van der Waals surface area contributed by atoms with Gasteiger partial charge in [0.05, 0.1) is 16.0 Å². The number of nitrogens with zero attached hydrogens (tertiary/aromatic N) is 1. The van der Waals surface area contributed by atoms with Gasteiger partial charge in [-0.3, -0.25) is 4.79 Å². The molecule has 2 rings (SSSR count). The number of hydrogen-bond acceptors (Lipinski definition) is 4. The highest BCUT2D eigenvalue weighted by Gasteiger charge is 2.20. The van der Waals surface area contributed by atoms with Crippen molar-refractivity contribution in [3.8, 4) is 0 Å². The van der Waals surface area contributed by atoms with Gasteiger partial charge in [-0.2, -0.15) is 0 Å². The van der Waals surface area contributed by atoms with E-state index < -0.39 is 0 Å². The van der Waals surface area contributed by atoms with Gasteiger partial charge in [-0.1, -0.05) is 23.2 Å². The normalized spacial score (nSPS) is 18.6. The summed E-state index contributed by atoms with van der Waals surface area (Å²) in [5.41, 5.74) is 0. The lowest BCUT2D eigenvalue weighted by Crippen LogP contribution is -2.41. The highest BCUT2D eigenvalue weighted by molar-refractivity contribution is 6.35. The summed E-state index contributed by atoms with van der Waals surface area (Å²) in [6.07, 6.45) is 3.54. The predicted molar refractivity (Wildman–Crippen MR) is 81.4 cm³/mol. The van der Waals surface area contributed by atoms with Gasteiger partial charge < -0.3 is 16.0 Å². The fourth-order valence-corrected chi connectivity index (χ4v) is 2.58. The van der Waals surface area contributed by atoms with Gasteiger partial charge in [0.25, 0.3) is 0 Å². The number of carbonyl (C=O) groups excluding carboxylic acids is 1. The third-order valence-electron chi connectivity index (χ3n) is 3.19. The number of amides is 1. The van der Waals surface area contributed by atoms with Crippen molar-refractivity contribution in [2.45, 2.75) is 12.8 Å². The van der Waals surface area contributed by atoms with Crippen molar-refractivity contribution in [3.05, 3.63) is 22.3 Å². The van der Waals surface area contributed by atoms with Crippen LogP contribution in [0.15, 0.2) is 12.3 Å². The number of halogens is 2. The minimum atomic E-state index is 0.0843. The Balaban J connectivity index is 1.69. The average molecular weight is 317 g/mol. The molecule has 1 aliphatic rings. The Morgan fingerprint density at radius 3 is 3.00 bits per heavy atom. The Morgan fingerprint density at radius 1 is 1.45 bits per heavy atom. The summed E-state index contributed by atoms with van der Waals surface area (Å²) in [6.45, 7) is 2.88. The van der Waals surface area contributed by atoms with Crippen molar-refractivity contribution in [2.75, 3.05) is 31.5 Å². The van der Waals surface area contributed by atoms with Crippen LogP contribution in [0.4, 0.5) is 5.82 Å². The molecule has 1 aromatic heterocycles. The average Bonchev–Trinajstić information content (AvgIpc) is 2.46. The van der Waals surface area contributed by atoms with E-state index in [0.29, 0.717) is 29.0 Å². The van der Waals surface area contributed by atoms with Crippen LogP contribution in [0.3, 0.4) is 0 Å². The third kappa shape index (κ3) is 4.51. The first-order valence-corrected chi connectivity index (χ1v) is 7.46. The Hall–Kier alpha value is -1.04. The Kier molecular flexibility index (Phi) is 5.88. The molecule has 0 radical (unpaired) electrons. The van der Waals surface area contributed by atoms with E-state index in [1.807, 2.05) is 0 Å². The summed E-state index contributed by atoms with van der Waals surface area (Å²) >= 11 is 11.8. The van der Waals surface area contributed by atoms with Crippen LogP contribution in [-0.4, -0.2) is 37.1 Å². The van der Waals surface area contributed by atoms with E-state index in [0.717, 1.165) is 25.9 Å². The second kappa shape index (κ2) is 7.67. The molecule has 3 N–H and O–H groups in total. The smallest absolute Gasteiger partial charge is 0.224 e. The van der Waals surface area contributed by atoms with Gasteiger partial charge in [0.1, 0.15) is 5.82 Å². The molecule has 20 heavy (non-hydrogen) atoms. The maximum absolute atomic E-state index is 11.9. The molecule has 1 amide bonds. The number of hydrogen-bond donors (Lipinski definition) is 3. The zero-order chi connectivity index (χ0) is 14.4. The number of piperidine rings is 1. The second-order valence-corrected chi connectivity index (χ2v) is 5.59. The van der Waals surface area contributed by atoms with Gasteiger partial charge in [0.15, 0.2) is 0 Å². The van der Waals surface area contributed by atoms with Gasteiger partial charge in [0.2, 0.25) is 5.91 Å². The van der Waals surface area contributed by atoms with Crippen LogP contribution in [0, 0.1) is 5.92 Å². The van der Waals surface area contributed by atoms with Crippen LogP contribution in [0.25, 0.3) is 0 Å². The molecule has 1 atom stereocenters. The highest BCUT2D eigenvalue weighted by Crippen LogP contribution is 2.22. The first-order valence-electron chi connectivity index (χ1n) is 6.70. The standard InChI is InChI=1S/C13H18Cl2N4O/c14-10-6-11(15)12(19-8-10)17-4-5-18-13(20)9-2-1-3-16-7-9/h6,8-9,16H,1-5,7H2,(H,17,19)(H,18,20). The van der Waals surface area contributed by atoms with Crippen LogP contribution in [-0.2, 0) is 4.79 Å². The van der Waals surface area contributed by atoms with Gasteiger partial charge in [-0.15, -0.1) is 0 Å². The van der Waals surface area contributed by atoms with Crippen molar-refractivity contribution in [3.63, 3.8) is 0 Å². The van der Waals surface area contributed by atoms with E-state index in [1.165, 1.54) is 6.20 Å². The molecule has 5 nitrogen and oxygen atoms in total. The molecule has 7 heteroatoms. The number of rotatable bonds is 5. The maximum atomic E-state index is 11.9. The van der Waals surface area contributed by atoms with E-state index in [1.54, 1.807) is 6.07 Å². The van der Waals surface area contributed by atoms with Crippen LogP contribution in [0.2, 0.25) is 10.0 Å². The molecule has 1 unspecified atom stereocenters.